The number of hydrogen-bond acceptors (Lipinski definition) is 3. The van der Waals surface area contributed by atoms with Crippen LogP contribution in [-0.4, -0.2) is 18.5 Å². The van der Waals surface area contributed by atoms with Gasteiger partial charge in [-0.1, -0.05) is 6.92 Å². The molecular weight excluding hydrogens is 270 g/mol. The Morgan fingerprint density at radius 2 is 1.71 bits per heavy atom. The molecule has 3 N–H and O–H groups in total. The lowest BCUT2D eigenvalue weighted by molar-refractivity contribution is 0.0996. The highest BCUT2D eigenvalue weighted by Crippen LogP contribution is 2.14. The molecule has 0 aliphatic heterocycles. The van der Waals surface area contributed by atoms with Gasteiger partial charge >= 0.3 is 6.03 Å². The SMILES string of the molecule is CCCNC(=O)Nc1ccc(NC(=O)c2ccco2)cc1. The molecule has 3 amide bonds. The van der Waals surface area contributed by atoms with Gasteiger partial charge in [0.15, 0.2) is 5.76 Å². The van der Waals surface area contributed by atoms with Gasteiger partial charge in [-0.05, 0) is 42.8 Å². The van der Waals surface area contributed by atoms with E-state index >= 15 is 0 Å². The van der Waals surface area contributed by atoms with Crippen LogP contribution < -0.4 is 16.0 Å². The van der Waals surface area contributed by atoms with E-state index in [4.69, 9.17) is 4.42 Å². The Morgan fingerprint density at radius 3 is 2.29 bits per heavy atom. The van der Waals surface area contributed by atoms with Crippen LogP contribution in [0.3, 0.4) is 0 Å². The number of amides is 3. The molecular formula is C15H17N3O3. The van der Waals surface area contributed by atoms with Gasteiger partial charge in [-0.3, -0.25) is 4.79 Å². The van der Waals surface area contributed by atoms with Gasteiger partial charge < -0.3 is 20.4 Å². The minimum atomic E-state index is -0.318. The van der Waals surface area contributed by atoms with E-state index in [-0.39, 0.29) is 17.7 Å². The van der Waals surface area contributed by atoms with Crippen molar-refractivity contribution in [3.63, 3.8) is 0 Å². The average Bonchev–Trinajstić information content (AvgIpc) is 3.01. The van der Waals surface area contributed by atoms with Crippen molar-refractivity contribution in [1.29, 1.82) is 0 Å². The number of hydrogen-bond donors (Lipinski definition) is 3. The van der Waals surface area contributed by atoms with E-state index in [0.29, 0.717) is 17.9 Å². The van der Waals surface area contributed by atoms with Crippen LogP contribution >= 0.6 is 0 Å². The lowest BCUT2D eigenvalue weighted by Crippen LogP contribution is -2.29. The van der Waals surface area contributed by atoms with Crippen LogP contribution in [0.1, 0.15) is 23.9 Å². The number of anilines is 2. The van der Waals surface area contributed by atoms with Crippen LogP contribution in [0.2, 0.25) is 0 Å². The van der Waals surface area contributed by atoms with Crippen molar-refractivity contribution in [1.82, 2.24) is 5.32 Å². The average molecular weight is 287 g/mol. The summed E-state index contributed by atoms with van der Waals surface area (Å²) in [5, 5.41) is 8.12. The molecule has 0 fully saturated rings. The fourth-order valence-electron chi connectivity index (χ4n) is 1.65. The summed E-state index contributed by atoms with van der Waals surface area (Å²) in [6.45, 7) is 2.61. The third-order valence-electron chi connectivity index (χ3n) is 2.68. The minimum Gasteiger partial charge on any atom is -0.459 e. The number of benzene rings is 1. The largest absolute Gasteiger partial charge is 0.459 e. The zero-order chi connectivity index (χ0) is 15.1. The molecule has 2 rings (SSSR count). The van der Waals surface area contributed by atoms with Gasteiger partial charge in [0, 0.05) is 17.9 Å². The summed E-state index contributed by atoms with van der Waals surface area (Å²) >= 11 is 0. The molecule has 0 radical (unpaired) electrons. The van der Waals surface area contributed by atoms with Crippen LogP contribution in [0, 0.1) is 0 Å². The number of rotatable bonds is 5. The number of urea groups is 1. The van der Waals surface area contributed by atoms with E-state index < -0.39 is 0 Å². The first kappa shape index (κ1) is 14.6. The predicted molar refractivity (Wildman–Crippen MR) is 80.4 cm³/mol. The van der Waals surface area contributed by atoms with Crippen molar-refractivity contribution >= 4 is 23.3 Å². The Labute approximate surface area is 122 Å². The maximum absolute atomic E-state index is 11.8. The molecule has 0 bridgehead atoms. The van der Waals surface area contributed by atoms with Crippen molar-refractivity contribution in [2.45, 2.75) is 13.3 Å². The van der Waals surface area contributed by atoms with E-state index in [0.717, 1.165) is 6.42 Å². The predicted octanol–water partition coefficient (Wildman–Crippen LogP) is 3.06. The zero-order valence-electron chi connectivity index (χ0n) is 11.7. The Balaban J connectivity index is 1.90. The highest BCUT2D eigenvalue weighted by molar-refractivity contribution is 6.02. The van der Waals surface area contributed by atoms with Crippen LogP contribution in [0.4, 0.5) is 16.2 Å². The summed E-state index contributed by atoms with van der Waals surface area (Å²) in [4.78, 5) is 23.3. The van der Waals surface area contributed by atoms with Gasteiger partial charge in [-0.25, -0.2) is 4.79 Å². The van der Waals surface area contributed by atoms with Crippen LogP contribution in [0.5, 0.6) is 0 Å². The van der Waals surface area contributed by atoms with Gasteiger partial charge in [-0.15, -0.1) is 0 Å². The summed E-state index contributed by atoms with van der Waals surface area (Å²) in [6.07, 6.45) is 2.32. The standard InChI is InChI=1S/C15H17N3O3/c1-2-9-16-15(20)18-12-7-5-11(6-8-12)17-14(19)13-4-3-10-21-13/h3-8,10H,2,9H2,1H3,(H,17,19)(H2,16,18,20). The smallest absolute Gasteiger partial charge is 0.319 e. The van der Waals surface area contributed by atoms with Crippen LogP contribution in [-0.2, 0) is 0 Å². The topological polar surface area (TPSA) is 83.4 Å². The van der Waals surface area contributed by atoms with Gasteiger partial charge in [0.25, 0.3) is 5.91 Å². The molecule has 6 heteroatoms. The molecule has 110 valence electrons. The molecule has 21 heavy (non-hydrogen) atoms. The number of nitrogens with one attached hydrogen (secondary N) is 3. The molecule has 0 unspecified atom stereocenters. The van der Waals surface area contributed by atoms with E-state index in [1.54, 1.807) is 36.4 Å². The second-order valence-corrected chi connectivity index (χ2v) is 4.39. The molecule has 0 atom stereocenters. The molecule has 1 heterocycles. The summed E-state index contributed by atoms with van der Waals surface area (Å²) in [5.74, 6) is -0.0717. The molecule has 0 aliphatic carbocycles. The van der Waals surface area contributed by atoms with Crippen LogP contribution in [0.15, 0.2) is 47.1 Å². The Kier molecular flexibility index (Phi) is 4.98. The highest BCUT2D eigenvalue weighted by Gasteiger charge is 2.08. The quantitative estimate of drug-likeness (QED) is 0.790. The number of carbonyl (C=O) groups excluding carboxylic acids is 2. The summed E-state index contributed by atoms with van der Waals surface area (Å²) in [5.41, 5.74) is 1.27. The maximum Gasteiger partial charge on any atom is 0.319 e. The van der Waals surface area contributed by atoms with Gasteiger partial charge in [0.05, 0.1) is 6.26 Å². The monoisotopic (exact) mass is 287 g/mol. The Morgan fingerprint density at radius 1 is 1.05 bits per heavy atom. The normalized spacial score (nSPS) is 9.95. The maximum atomic E-state index is 11.8. The zero-order valence-corrected chi connectivity index (χ0v) is 11.7. The minimum absolute atomic E-state index is 0.246. The fourth-order valence-corrected chi connectivity index (χ4v) is 1.65. The number of carbonyl (C=O) groups is 2. The molecule has 0 aliphatic rings. The van der Waals surface area contributed by atoms with Crippen molar-refractivity contribution in [2.24, 2.45) is 0 Å². The summed E-state index contributed by atoms with van der Waals surface area (Å²) in [6, 6.07) is 9.82. The molecule has 6 nitrogen and oxygen atoms in total. The molecule has 0 saturated carbocycles. The molecule has 2 aromatic rings. The number of furan rings is 1. The third kappa shape index (κ3) is 4.38. The van der Waals surface area contributed by atoms with E-state index in [2.05, 4.69) is 16.0 Å². The van der Waals surface area contributed by atoms with Gasteiger partial charge in [-0.2, -0.15) is 0 Å². The third-order valence-corrected chi connectivity index (χ3v) is 2.68. The van der Waals surface area contributed by atoms with E-state index in [1.165, 1.54) is 6.26 Å². The van der Waals surface area contributed by atoms with Gasteiger partial charge in [0.2, 0.25) is 0 Å². The first-order valence-corrected chi connectivity index (χ1v) is 6.69. The fraction of sp³-hybridized carbons (Fsp3) is 0.200. The summed E-state index contributed by atoms with van der Waals surface area (Å²) in [7, 11) is 0. The highest BCUT2D eigenvalue weighted by atomic mass is 16.3. The first-order valence-electron chi connectivity index (χ1n) is 6.69. The van der Waals surface area contributed by atoms with Crippen molar-refractivity contribution in [2.75, 3.05) is 17.2 Å². The molecule has 0 saturated heterocycles. The lowest BCUT2D eigenvalue weighted by Gasteiger charge is -2.08. The molecule has 1 aromatic heterocycles. The molecule has 0 spiro atoms. The first-order chi connectivity index (χ1) is 10.2. The van der Waals surface area contributed by atoms with Crippen molar-refractivity contribution in [3.05, 3.63) is 48.4 Å². The Bertz CT molecular complexity index is 591. The van der Waals surface area contributed by atoms with E-state index in [1.807, 2.05) is 6.92 Å². The second kappa shape index (κ2) is 7.14. The van der Waals surface area contributed by atoms with Crippen molar-refractivity contribution < 1.29 is 14.0 Å². The van der Waals surface area contributed by atoms with Crippen molar-refractivity contribution in [3.8, 4) is 0 Å². The molecule has 1 aromatic carbocycles. The van der Waals surface area contributed by atoms with Gasteiger partial charge in [0.1, 0.15) is 0 Å². The van der Waals surface area contributed by atoms with Crippen LogP contribution in [0.25, 0.3) is 0 Å². The summed E-state index contributed by atoms with van der Waals surface area (Å²) < 4.78 is 5.00. The second-order valence-electron chi connectivity index (χ2n) is 4.39. The lowest BCUT2D eigenvalue weighted by atomic mass is 10.2. The van der Waals surface area contributed by atoms with E-state index in [9.17, 15) is 9.59 Å². The Hall–Kier alpha value is -2.76.